The molecule has 0 saturated heterocycles. The number of nitrogens with two attached hydrogens (primary N) is 1. The standard InChI is InChI=1S/C18H16N4O5S/c19-20-18(23)12-21(17-10-3-6-13-5-1-2-9-16(13)17)28(26,27)15-8-4-7-14(11-15)22(24)25/h1-11H,12,19H2,(H,20,23). The van der Waals surface area contributed by atoms with Crippen molar-refractivity contribution < 1.29 is 18.1 Å². The highest BCUT2D eigenvalue weighted by molar-refractivity contribution is 7.92. The fourth-order valence-electron chi connectivity index (χ4n) is 2.79. The molecule has 10 heteroatoms. The van der Waals surface area contributed by atoms with E-state index in [4.69, 9.17) is 5.84 Å². The van der Waals surface area contributed by atoms with E-state index in [0.717, 1.165) is 15.8 Å². The molecule has 0 aliphatic carbocycles. The third-order valence-corrected chi connectivity index (χ3v) is 5.86. The van der Waals surface area contributed by atoms with Crippen LogP contribution in [0.4, 0.5) is 11.4 Å². The van der Waals surface area contributed by atoms with E-state index >= 15 is 0 Å². The number of hydrogen-bond donors (Lipinski definition) is 2. The predicted molar refractivity (Wildman–Crippen MR) is 104 cm³/mol. The second kappa shape index (κ2) is 7.62. The largest absolute Gasteiger partial charge is 0.293 e. The molecule has 0 aromatic heterocycles. The summed E-state index contributed by atoms with van der Waals surface area (Å²) in [4.78, 5) is 22.0. The number of nitrogens with zero attached hydrogens (tertiary/aromatic N) is 2. The number of carbonyl (C=O) groups excluding carboxylic acids is 1. The quantitative estimate of drug-likeness (QED) is 0.281. The number of non-ortho nitro benzene ring substituents is 1. The molecule has 3 aromatic rings. The highest BCUT2D eigenvalue weighted by Gasteiger charge is 2.29. The Hall–Kier alpha value is -3.50. The number of anilines is 1. The smallest absolute Gasteiger partial charge is 0.270 e. The molecule has 3 aromatic carbocycles. The number of amides is 1. The molecule has 28 heavy (non-hydrogen) atoms. The Morgan fingerprint density at radius 3 is 2.46 bits per heavy atom. The third kappa shape index (κ3) is 3.63. The summed E-state index contributed by atoms with van der Waals surface area (Å²) in [5.74, 6) is 4.41. The van der Waals surface area contributed by atoms with E-state index in [9.17, 15) is 23.3 Å². The first kappa shape index (κ1) is 19.3. The summed E-state index contributed by atoms with van der Waals surface area (Å²) in [6.07, 6.45) is 0. The van der Waals surface area contributed by atoms with Gasteiger partial charge in [0.1, 0.15) is 6.54 Å². The SMILES string of the molecule is NNC(=O)CN(c1cccc2ccccc12)S(=O)(=O)c1cccc([N+](=O)[O-])c1. The van der Waals surface area contributed by atoms with Crippen molar-refractivity contribution in [2.75, 3.05) is 10.8 Å². The maximum Gasteiger partial charge on any atom is 0.270 e. The van der Waals surface area contributed by atoms with Crippen LogP contribution in [0.3, 0.4) is 0 Å². The van der Waals surface area contributed by atoms with Crippen LogP contribution < -0.4 is 15.6 Å². The lowest BCUT2D eigenvalue weighted by molar-refractivity contribution is -0.385. The van der Waals surface area contributed by atoms with Gasteiger partial charge in [-0.2, -0.15) is 0 Å². The minimum atomic E-state index is -4.29. The average Bonchev–Trinajstić information content (AvgIpc) is 2.71. The number of hydrazine groups is 1. The molecule has 0 aliphatic rings. The molecule has 9 nitrogen and oxygen atoms in total. The molecule has 3 N–H and O–H groups in total. The number of nitro benzene ring substituents is 1. The number of nitro groups is 1. The van der Waals surface area contributed by atoms with Crippen molar-refractivity contribution >= 4 is 38.1 Å². The highest BCUT2D eigenvalue weighted by Crippen LogP contribution is 2.31. The number of benzene rings is 3. The lowest BCUT2D eigenvalue weighted by Crippen LogP contribution is -2.43. The molecule has 144 valence electrons. The van der Waals surface area contributed by atoms with Crippen molar-refractivity contribution in [2.24, 2.45) is 5.84 Å². The minimum absolute atomic E-state index is 0.258. The lowest BCUT2D eigenvalue weighted by atomic mass is 10.1. The predicted octanol–water partition coefficient (Wildman–Crippen LogP) is 1.93. The van der Waals surface area contributed by atoms with Crippen LogP contribution in [0.5, 0.6) is 0 Å². The molecule has 0 radical (unpaired) electrons. The number of carbonyl (C=O) groups is 1. The van der Waals surface area contributed by atoms with Crippen molar-refractivity contribution in [3.8, 4) is 0 Å². The summed E-state index contributed by atoms with van der Waals surface area (Å²) >= 11 is 0. The second-order valence-corrected chi connectivity index (χ2v) is 7.69. The Morgan fingerprint density at radius 1 is 1.07 bits per heavy atom. The zero-order valence-electron chi connectivity index (χ0n) is 14.5. The second-order valence-electron chi connectivity index (χ2n) is 5.83. The number of nitrogens with one attached hydrogen (secondary N) is 1. The molecular formula is C18H16N4O5S. The van der Waals surface area contributed by atoms with E-state index in [2.05, 4.69) is 0 Å². The van der Waals surface area contributed by atoms with Crippen LogP contribution in [-0.4, -0.2) is 25.8 Å². The van der Waals surface area contributed by atoms with Crippen molar-refractivity contribution in [1.29, 1.82) is 0 Å². The van der Waals surface area contributed by atoms with Gasteiger partial charge >= 0.3 is 0 Å². The first-order valence-electron chi connectivity index (χ1n) is 8.09. The summed E-state index contributed by atoms with van der Waals surface area (Å²) in [6, 6.07) is 16.7. The van der Waals surface area contributed by atoms with Crippen molar-refractivity contribution in [2.45, 2.75) is 4.90 Å². The summed E-state index contributed by atoms with van der Waals surface area (Å²) in [6.45, 7) is -0.588. The van der Waals surface area contributed by atoms with E-state index in [1.54, 1.807) is 42.5 Å². The molecule has 0 heterocycles. The average molecular weight is 400 g/mol. The first-order chi connectivity index (χ1) is 13.3. The summed E-state index contributed by atoms with van der Waals surface area (Å²) < 4.78 is 27.5. The molecular weight excluding hydrogens is 384 g/mol. The van der Waals surface area contributed by atoms with Crippen LogP contribution in [0.15, 0.2) is 71.6 Å². The normalized spacial score (nSPS) is 11.2. The molecule has 0 saturated carbocycles. The molecule has 0 unspecified atom stereocenters. The van der Waals surface area contributed by atoms with Crippen LogP contribution in [0, 0.1) is 10.1 Å². The fourth-order valence-corrected chi connectivity index (χ4v) is 4.27. The number of hydrogen-bond acceptors (Lipinski definition) is 6. The van der Waals surface area contributed by atoms with Crippen LogP contribution in [0.1, 0.15) is 0 Å². The van der Waals surface area contributed by atoms with Crippen molar-refractivity contribution in [1.82, 2.24) is 5.43 Å². The van der Waals surface area contributed by atoms with Crippen LogP contribution in [-0.2, 0) is 14.8 Å². The van der Waals surface area contributed by atoms with Gasteiger partial charge in [0, 0.05) is 17.5 Å². The van der Waals surface area contributed by atoms with Gasteiger partial charge in [-0.05, 0) is 17.5 Å². The Kier molecular flexibility index (Phi) is 5.25. The Balaban J connectivity index is 2.21. The van der Waals surface area contributed by atoms with Gasteiger partial charge in [-0.3, -0.25) is 24.6 Å². The highest BCUT2D eigenvalue weighted by atomic mass is 32.2. The maximum absolute atomic E-state index is 13.3. The van der Waals surface area contributed by atoms with Gasteiger partial charge in [-0.1, -0.05) is 42.5 Å². The zero-order valence-corrected chi connectivity index (χ0v) is 15.3. The lowest BCUT2D eigenvalue weighted by Gasteiger charge is -2.25. The molecule has 3 rings (SSSR count). The van der Waals surface area contributed by atoms with Gasteiger partial charge < -0.3 is 0 Å². The van der Waals surface area contributed by atoms with Gasteiger partial charge in [-0.15, -0.1) is 0 Å². The Labute approximate surface area is 160 Å². The van der Waals surface area contributed by atoms with Crippen LogP contribution >= 0.6 is 0 Å². The van der Waals surface area contributed by atoms with E-state index in [1.165, 1.54) is 18.2 Å². The van der Waals surface area contributed by atoms with E-state index < -0.39 is 27.4 Å². The molecule has 0 bridgehead atoms. The van der Waals surface area contributed by atoms with Crippen LogP contribution in [0.2, 0.25) is 0 Å². The number of rotatable bonds is 6. The first-order valence-corrected chi connectivity index (χ1v) is 9.53. The summed E-state index contributed by atoms with van der Waals surface area (Å²) in [7, 11) is -4.29. The van der Waals surface area contributed by atoms with Gasteiger partial charge in [-0.25, -0.2) is 14.3 Å². The van der Waals surface area contributed by atoms with Gasteiger partial charge in [0.05, 0.1) is 15.5 Å². The Morgan fingerprint density at radius 2 is 1.75 bits per heavy atom. The van der Waals surface area contributed by atoms with Crippen LogP contribution in [0.25, 0.3) is 10.8 Å². The molecule has 0 spiro atoms. The minimum Gasteiger partial charge on any atom is -0.293 e. The molecule has 0 fully saturated rings. The van der Waals surface area contributed by atoms with Gasteiger partial charge in [0.2, 0.25) is 0 Å². The fraction of sp³-hybridized carbons (Fsp3) is 0.0556. The van der Waals surface area contributed by atoms with Gasteiger partial charge in [0.25, 0.3) is 21.6 Å². The summed E-state index contributed by atoms with van der Waals surface area (Å²) in [5, 5.41) is 12.4. The molecule has 0 atom stereocenters. The number of sulfonamides is 1. The maximum atomic E-state index is 13.3. The van der Waals surface area contributed by atoms with Gasteiger partial charge in [0.15, 0.2) is 0 Å². The summed E-state index contributed by atoms with van der Waals surface area (Å²) in [5.41, 5.74) is 1.80. The topological polar surface area (TPSA) is 136 Å². The third-order valence-electron chi connectivity index (χ3n) is 4.10. The monoisotopic (exact) mass is 400 g/mol. The number of fused-ring (bicyclic) bond motifs is 1. The Bertz CT molecular complexity index is 1160. The molecule has 0 aliphatic heterocycles. The zero-order chi connectivity index (χ0) is 20.3. The van der Waals surface area contributed by atoms with Crippen molar-refractivity contribution in [3.05, 3.63) is 76.8 Å². The van der Waals surface area contributed by atoms with E-state index in [1.807, 2.05) is 5.43 Å². The van der Waals surface area contributed by atoms with E-state index in [-0.39, 0.29) is 16.3 Å². The van der Waals surface area contributed by atoms with Crippen molar-refractivity contribution in [3.63, 3.8) is 0 Å². The van der Waals surface area contributed by atoms with E-state index in [0.29, 0.717) is 5.39 Å². The molecule has 1 amide bonds.